The molecule has 0 spiro atoms. The van der Waals surface area contributed by atoms with Gasteiger partial charge in [0.25, 0.3) is 0 Å². The van der Waals surface area contributed by atoms with Crippen molar-refractivity contribution in [2.24, 2.45) is 0 Å². The highest BCUT2D eigenvalue weighted by Crippen LogP contribution is 2.34. The summed E-state index contributed by atoms with van der Waals surface area (Å²) in [6, 6.07) is 5.90. The van der Waals surface area contributed by atoms with Gasteiger partial charge in [0.15, 0.2) is 0 Å². The van der Waals surface area contributed by atoms with E-state index in [-0.39, 0.29) is 6.04 Å². The van der Waals surface area contributed by atoms with Gasteiger partial charge in [0.2, 0.25) is 0 Å². The first kappa shape index (κ1) is 15.4. The van der Waals surface area contributed by atoms with Crippen LogP contribution >= 0.6 is 22.9 Å². The van der Waals surface area contributed by atoms with Crippen LogP contribution < -0.4 is 10.1 Å². The molecule has 20 heavy (non-hydrogen) atoms. The normalized spacial score (nSPS) is 12.4. The molecule has 2 aromatic rings. The predicted octanol–water partition coefficient (Wildman–Crippen LogP) is 4.81. The molecule has 2 rings (SSSR count). The minimum atomic E-state index is 0.120. The average Bonchev–Trinajstić information content (AvgIpc) is 2.86. The Balaban J connectivity index is 2.46. The van der Waals surface area contributed by atoms with Gasteiger partial charge in [-0.15, -0.1) is 0 Å². The summed E-state index contributed by atoms with van der Waals surface area (Å²) in [4.78, 5) is 0. The summed E-state index contributed by atoms with van der Waals surface area (Å²) in [5.41, 5.74) is 3.68. The van der Waals surface area contributed by atoms with Crippen molar-refractivity contribution >= 4 is 22.9 Å². The highest BCUT2D eigenvalue weighted by Gasteiger charge is 2.20. The van der Waals surface area contributed by atoms with Crippen LogP contribution in [0.4, 0.5) is 0 Å². The number of rotatable bonds is 6. The Morgan fingerprint density at radius 3 is 2.70 bits per heavy atom. The third kappa shape index (κ3) is 3.35. The van der Waals surface area contributed by atoms with E-state index < -0.39 is 0 Å². The van der Waals surface area contributed by atoms with Crippen molar-refractivity contribution < 1.29 is 4.74 Å². The Morgan fingerprint density at radius 2 is 2.10 bits per heavy atom. The fraction of sp³-hybridized carbons (Fsp3) is 0.375. The summed E-state index contributed by atoms with van der Waals surface area (Å²) in [5, 5.41) is 8.70. The molecular formula is C16H20ClNOS. The molecule has 0 amide bonds. The van der Waals surface area contributed by atoms with Gasteiger partial charge in [-0.3, -0.25) is 0 Å². The van der Waals surface area contributed by atoms with Gasteiger partial charge in [0.05, 0.1) is 13.2 Å². The van der Waals surface area contributed by atoms with Crippen LogP contribution in [-0.2, 0) is 0 Å². The lowest BCUT2D eigenvalue weighted by molar-refractivity contribution is 0.404. The van der Waals surface area contributed by atoms with Gasteiger partial charge in [-0.25, -0.2) is 0 Å². The number of nitrogens with one attached hydrogen (secondary N) is 1. The quantitative estimate of drug-likeness (QED) is 0.827. The smallest absolute Gasteiger partial charge is 0.124 e. The van der Waals surface area contributed by atoms with Gasteiger partial charge >= 0.3 is 0 Å². The summed E-state index contributed by atoms with van der Waals surface area (Å²) in [6.45, 7) is 5.26. The highest BCUT2D eigenvalue weighted by molar-refractivity contribution is 7.08. The monoisotopic (exact) mass is 309 g/mol. The number of hydrogen-bond donors (Lipinski definition) is 1. The van der Waals surface area contributed by atoms with Crippen molar-refractivity contribution in [3.8, 4) is 5.75 Å². The van der Waals surface area contributed by atoms with E-state index >= 15 is 0 Å². The molecule has 1 aromatic heterocycles. The van der Waals surface area contributed by atoms with Crippen LogP contribution in [0.15, 0.2) is 29.0 Å². The number of thiophene rings is 1. The number of benzene rings is 1. The Labute approximate surface area is 129 Å². The first-order valence-electron chi connectivity index (χ1n) is 6.76. The van der Waals surface area contributed by atoms with E-state index in [1.807, 2.05) is 18.2 Å². The van der Waals surface area contributed by atoms with Crippen LogP contribution in [0.5, 0.6) is 5.75 Å². The molecule has 0 fully saturated rings. The molecule has 1 N–H and O–H groups in total. The summed E-state index contributed by atoms with van der Waals surface area (Å²) in [5.74, 6) is 0.869. The first-order chi connectivity index (χ1) is 9.67. The van der Waals surface area contributed by atoms with Crippen LogP contribution in [0, 0.1) is 6.92 Å². The predicted molar refractivity (Wildman–Crippen MR) is 87.2 cm³/mol. The fourth-order valence-electron chi connectivity index (χ4n) is 2.27. The van der Waals surface area contributed by atoms with E-state index in [1.54, 1.807) is 18.4 Å². The van der Waals surface area contributed by atoms with Gasteiger partial charge in [-0.05, 0) is 60.0 Å². The Hall–Kier alpha value is -1.03. The van der Waals surface area contributed by atoms with Crippen molar-refractivity contribution in [2.45, 2.75) is 26.3 Å². The second kappa shape index (κ2) is 7.11. The second-order valence-corrected chi connectivity index (χ2v) is 5.96. The minimum absolute atomic E-state index is 0.120. The summed E-state index contributed by atoms with van der Waals surface area (Å²) >= 11 is 7.90. The van der Waals surface area contributed by atoms with E-state index in [0.29, 0.717) is 0 Å². The van der Waals surface area contributed by atoms with Crippen LogP contribution in [0.3, 0.4) is 0 Å². The topological polar surface area (TPSA) is 21.3 Å². The molecule has 0 radical (unpaired) electrons. The lowest BCUT2D eigenvalue weighted by atomic mass is 9.97. The van der Waals surface area contributed by atoms with Crippen molar-refractivity contribution in [3.05, 3.63) is 50.7 Å². The molecular weight excluding hydrogens is 290 g/mol. The van der Waals surface area contributed by atoms with E-state index in [9.17, 15) is 0 Å². The van der Waals surface area contributed by atoms with E-state index in [1.165, 1.54) is 11.1 Å². The number of ether oxygens (including phenoxy) is 1. The highest BCUT2D eigenvalue weighted by atomic mass is 35.5. The molecule has 1 unspecified atom stereocenters. The van der Waals surface area contributed by atoms with Crippen LogP contribution in [0.2, 0.25) is 5.02 Å². The molecule has 2 nitrogen and oxygen atoms in total. The SMILES string of the molecule is CCCNC(c1cscc1C)c1cc(Cl)ccc1OC. The average molecular weight is 310 g/mol. The third-order valence-electron chi connectivity index (χ3n) is 3.31. The Morgan fingerprint density at radius 1 is 1.30 bits per heavy atom. The first-order valence-corrected chi connectivity index (χ1v) is 8.09. The molecule has 0 aliphatic carbocycles. The van der Waals surface area contributed by atoms with Gasteiger partial charge in [-0.1, -0.05) is 18.5 Å². The molecule has 0 aliphatic rings. The Bertz CT molecular complexity index is 567. The summed E-state index contributed by atoms with van der Waals surface area (Å²) in [6.07, 6.45) is 1.09. The maximum Gasteiger partial charge on any atom is 0.124 e. The largest absolute Gasteiger partial charge is 0.496 e. The molecule has 0 saturated heterocycles. The molecule has 4 heteroatoms. The molecule has 1 aromatic carbocycles. The number of hydrogen-bond acceptors (Lipinski definition) is 3. The number of methoxy groups -OCH3 is 1. The van der Waals surface area contributed by atoms with E-state index in [2.05, 4.69) is 29.9 Å². The van der Waals surface area contributed by atoms with Crippen molar-refractivity contribution in [1.29, 1.82) is 0 Å². The van der Waals surface area contributed by atoms with Gasteiger partial charge in [0, 0.05) is 10.6 Å². The zero-order valence-corrected chi connectivity index (χ0v) is 13.6. The molecule has 0 aliphatic heterocycles. The van der Waals surface area contributed by atoms with Gasteiger partial charge in [0.1, 0.15) is 5.75 Å². The number of aryl methyl sites for hydroxylation is 1. The number of halogens is 1. The van der Waals surface area contributed by atoms with Gasteiger partial charge < -0.3 is 10.1 Å². The standard InChI is InChI=1S/C16H20ClNOS/c1-4-7-18-16(14-10-20-9-11(14)2)13-8-12(17)5-6-15(13)19-3/h5-6,8-10,16,18H,4,7H2,1-3H3. The van der Waals surface area contributed by atoms with Crippen molar-refractivity contribution in [2.75, 3.05) is 13.7 Å². The molecule has 1 atom stereocenters. The van der Waals surface area contributed by atoms with Crippen LogP contribution in [-0.4, -0.2) is 13.7 Å². The molecule has 0 saturated carbocycles. The molecule has 0 bridgehead atoms. The summed E-state index contributed by atoms with van der Waals surface area (Å²) < 4.78 is 5.50. The minimum Gasteiger partial charge on any atom is -0.496 e. The lowest BCUT2D eigenvalue weighted by Crippen LogP contribution is -2.24. The molecule has 1 heterocycles. The van der Waals surface area contributed by atoms with Crippen LogP contribution in [0.1, 0.15) is 36.1 Å². The fourth-order valence-corrected chi connectivity index (χ4v) is 3.33. The van der Waals surface area contributed by atoms with Gasteiger partial charge in [-0.2, -0.15) is 11.3 Å². The zero-order chi connectivity index (χ0) is 14.5. The third-order valence-corrected chi connectivity index (χ3v) is 4.42. The maximum atomic E-state index is 6.17. The second-order valence-electron chi connectivity index (χ2n) is 4.78. The van der Waals surface area contributed by atoms with Crippen LogP contribution in [0.25, 0.3) is 0 Å². The van der Waals surface area contributed by atoms with Crippen molar-refractivity contribution in [1.82, 2.24) is 5.32 Å². The lowest BCUT2D eigenvalue weighted by Gasteiger charge is -2.22. The Kier molecular flexibility index (Phi) is 5.46. The zero-order valence-electron chi connectivity index (χ0n) is 12.1. The van der Waals surface area contributed by atoms with Crippen molar-refractivity contribution in [3.63, 3.8) is 0 Å². The van der Waals surface area contributed by atoms with E-state index in [0.717, 1.165) is 29.3 Å². The summed E-state index contributed by atoms with van der Waals surface area (Å²) in [7, 11) is 1.70. The molecule has 108 valence electrons. The van der Waals surface area contributed by atoms with E-state index in [4.69, 9.17) is 16.3 Å². The maximum absolute atomic E-state index is 6.17.